The van der Waals surface area contributed by atoms with Gasteiger partial charge in [-0.2, -0.15) is 0 Å². The minimum absolute atomic E-state index is 0.297. The lowest BCUT2D eigenvalue weighted by atomic mass is 10.0. The molecule has 0 aliphatic heterocycles. The third-order valence-corrected chi connectivity index (χ3v) is 2.69. The molecule has 0 bridgehead atoms. The fourth-order valence-electron chi connectivity index (χ4n) is 1.88. The van der Waals surface area contributed by atoms with E-state index in [2.05, 4.69) is 13.8 Å². The third kappa shape index (κ3) is 0.432. The van der Waals surface area contributed by atoms with E-state index in [9.17, 15) is 4.79 Å². The summed E-state index contributed by atoms with van der Waals surface area (Å²) >= 11 is 0. The Balaban J connectivity index is 2.33. The smallest absolute Gasteiger partial charge is 0.159 e. The van der Waals surface area contributed by atoms with Crippen molar-refractivity contribution >= 4 is 5.78 Å². The van der Waals surface area contributed by atoms with Crippen molar-refractivity contribution in [3.8, 4) is 0 Å². The van der Waals surface area contributed by atoms with Gasteiger partial charge in [0, 0.05) is 5.92 Å². The standard InChI is InChI=1S/C8H10O/c1-8(2)5-3-4-6(9)7(5)8/h3-5,7H,1-2H3/t5-,7-/m0/s1. The number of hydrogen-bond acceptors (Lipinski definition) is 1. The summed E-state index contributed by atoms with van der Waals surface area (Å²) in [4.78, 5) is 10.9. The zero-order valence-electron chi connectivity index (χ0n) is 5.72. The summed E-state index contributed by atoms with van der Waals surface area (Å²) in [5.41, 5.74) is 0.297. The van der Waals surface area contributed by atoms with Crippen LogP contribution in [0, 0.1) is 17.3 Å². The lowest BCUT2D eigenvalue weighted by Crippen LogP contribution is -2.01. The van der Waals surface area contributed by atoms with Gasteiger partial charge in [-0.15, -0.1) is 0 Å². The van der Waals surface area contributed by atoms with Gasteiger partial charge in [0.25, 0.3) is 0 Å². The molecule has 48 valence electrons. The van der Waals surface area contributed by atoms with Gasteiger partial charge in [-0.1, -0.05) is 19.9 Å². The van der Waals surface area contributed by atoms with Crippen LogP contribution in [0.2, 0.25) is 0 Å². The summed E-state index contributed by atoms with van der Waals surface area (Å²) < 4.78 is 0. The number of carbonyl (C=O) groups excluding carboxylic acids is 1. The quantitative estimate of drug-likeness (QED) is 0.474. The van der Waals surface area contributed by atoms with E-state index in [1.165, 1.54) is 0 Å². The van der Waals surface area contributed by atoms with Gasteiger partial charge in [0.1, 0.15) is 0 Å². The molecule has 0 aromatic carbocycles. The predicted molar refractivity (Wildman–Crippen MR) is 34.9 cm³/mol. The molecule has 0 spiro atoms. The molecule has 0 N–H and O–H groups in total. The average Bonchev–Trinajstić information content (AvgIpc) is 2.19. The molecule has 1 heteroatoms. The van der Waals surface area contributed by atoms with Crippen LogP contribution in [0.3, 0.4) is 0 Å². The lowest BCUT2D eigenvalue weighted by Gasteiger charge is -1.99. The summed E-state index contributed by atoms with van der Waals surface area (Å²) in [6, 6.07) is 0. The van der Waals surface area contributed by atoms with E-state index in [1.54, 1.807) is 6.08 Å². The van der Waals surface area contributed by atoms with E-state index < -0.39 is 0 Å². The molecule has 0 aromatic rings. The van der Waals surface area contributed by atoms with Gasteiger partial charge in [0.15, 0.2) is 5.78 Å². The van der Waals surface area contributed by atoms with Gasteiger partial charge in [0.05, 0.1) is 0 Å². The zero-order chi connectivity index (χ0) is 6.65. The van der Waals surface area contributed by atoms with Gasteiger partial charge < -0.3 is 0 Å². The topological polar surface area (TPSA) is 17.1 Å². The second-order valence-electron chi connectivity index (χ2n) is 3.59. The molecule has 2 atom stereocenters. The molecular weight excluding hydrogens is 112 g/mol. The van der Waals surface area contributed by atoms with E-state index in [4.69, 9.17) is 0 Å². The Bertz CT molecular complexity index is 201. The van der Waals surface area contributed by atoms with Gasteiger partial charge in [0.2, 0.25) is 0 Å². The minimum atomic E-state index is 0.297. The second-order valence-corrected chi connectivity index (χ2v) is 3.59. The second kappa shape index (κ2) is 1.13. The number of allylic oxidation sites excluding steroid dienone is 2. The third-order valence-electron chi connectivity index (χ3n) is 2.69. The maximum Gasteiger partial charge on any atom is 0.159 e. The average molecular weight is 122 g/mol. The van der Waals surface area contributed by atoms with Crippen LogP contribution in [0.4, 0.5) is 0 Å². The van der Waals surface area contributed by atoms with Crippen LogP contribution in [0.5, 0.6) is 0 Å². The Morgan fingerprint density at radius 2 is 2.22 bits per heavy atom. The fourth-order valence-corrected chi connectivity index (χ4v) is 1.88. The first-order valence-corrected chi connectivity index (χ1v) is 3.36. The van der Waals surface area contributed by atoms with E-state index in [0.29, 0.717) is 23.0 Å². The summed E-state index contributed by atoms with van der Waals surface area (Å²) in [7, 11) is 0. The van der Waals surface area contributed by atoms with Crippen LogP contribution < -0.4 is 0 Å². The summed E-state index contributed by atoms with van der Waals surface area (Å²) in [6.07, 6.45) is 3.77. The van der Waals surface area contributed by atoms with Crippen LogP contribution in [0.15, 0.2) is 12.2 Å². The van der Waals surface area contributed by atoms with Gasteiger partial charge >= 0.3 is 0 Å². The van der Waals surface area contributed by atoms with Crippen molar-refractivity contribution in [3.05, 3.63) is 12.2 Å². The Morgan fingerprint density at radius 1 is 1.56 bits per heavy atom. The van der Waals surface area contributed by atoms with Crippen LogP contribution in [0.1, 0.15) is 13.8 Å². The zero-order valence-corrected chi connectivity index (χ0v) is 5.72. The predicted octanol–water partition coefficient (Wildman–Crippen LogP) is 1.40. The first-order chi connectivity index (χ1) is 4.14. The molecule has 0 unspecified atom stereocenters. The highest BCUT2D eigenvalue weighted by atomic mass is 16.1. The number of fused-ring (bicyclic) bond motifs is 1. The first kappa shape index (κ1) is 5.21. The van der Waals surface area contributed by atoms with Crippen LogP contribution in [-0.4, -0.2) is 5.78 Å². The molecule has 0 radical (unpaired) electrons. The summed E-state index contributed by atoms with van der Waals surface area (Å²) in [5.74, 6) is 1.26. The minimum Gasteiger partial charge on any atom is -0.295 e. The first-order valence-electron chi connectivity index (χ1n) is 3.36. The maximum absolute atomic E-state index is 10.9. The molecule has 0 amide bonds. The molecule has 2 aliphatic carbocycles. The molecule has 1 saturated carbocycles. The van der Waals surface area contributed by atoms with E-state index in [1.807, 2.05) is 6.08 Å². The van der Waals surface area contributed by atoms with Crippen LogP contribution >= 0.6 is 0 Å². The maximum atomic E-state index is 10.9. The van der Waals surface area contributed by atoms with Crippen molar-refractivity contribution in [1.29, 1.82) is 0 Å². The Hall–Kier alpha value is -0.590. The van der Waals surface area contributed by atoms with E-state index in [0.717, 1.165) is 0 Å². The highest BCUT2D eigenvalue weighted by molar-refractivity contribution is 5.98. The number of rotatable bonds is 0. The molecule has 0 aromatic heterocycles. The molecular formula is C8H10O. The number of carbonyl (C=O) groups is 1. The van der Waals surface area contributed by atoms with Crippen molar-refractivity contribution in [1.82, 2.24) is 0 Å². The number of hydrogen-bond donors (Lipinski definition) is 0. The van der Waals surface area contributed by atoms with Crippen molar-refractivity contribution in [3.63, 3.8) is 0 Å². The molecule has 0 heterocycles. The molecule has 1 nitrogen and oxygen atoms in total. The Labute approximate surface area is 54.8 Å². The van der Waals surface area contributed by atoms with Crippen LogP contribution in [-0.2, 0) is 4.79 Å². The highest BCUT2D eigenvalue weighted by Crippen LogP contribution is 2.62. The van der Waals surface area contributed by atoms with E-state index in [-0.39, 0.29) is 0 Å². The lowest BCUT2D eigenvalue weighted by molar-refractivity contribution is -0.116. The molecule has 2 aliphatic rings. The molecule has 0 saturated heterocycles. The monoisotopic (exact) mass is 122 g/mol. The SMILES string of the molecule is CC1(C)[C@@H]2C(=O)C=C[C@@H]21. The van der Waals surface area contributed by atoms with Crippen molar-refractivity contribution < 1.29 is 4.79 Å². The largest absolute Gasteiger partial charge is 0.295 e. The summed E-state index contributed by atoms with van der Waals surface area (Å²) in [5, 5.41) is 0. The van der Waals surface area contributed by atoms with Crippen molar-refractivity contribution in [2.24, 2.45) is 17.3 Å². The van der Waals surface area contributed by atoms with Crippen molar-refractivity contribution in [2.75, 3.05) is 0 Å². The van der Waals surface area contributed by atoms with Gasteiger partial charge in [-0.3, -0.25) is 4.79 Å². The molecule has 1 fully saturated rings. The fraction of sp³-hybridized carbons (Fsp3) is 0.625. The number of ketones is 1. The molecule has 9 heavy (non-hydrogen) atoms. The van der Waals surface area contributed by atoms with E-state index >= 15 is 0 Å². The summed E-state index contributed by atoms with van der Waals surface area (Å²) in [6.45, 7) is 4.31. The normalized spacial score (nSPS) is 43.1. The van der Waals surface area contributed by atoms with Crippen molar-refractivity contribution in [2.45, 2.75) is 13.8 Å². The van der Waals surface area contributed by atoms with Gasteiger partial charge in [-0.05, 0) is 17.4 Å². The Kier molecular flexibility index (Phi) is 0.655. The highest BCUT2D eigenvalue weighted by Gasteiger charge is 2.61. The van der Waals surface area contributed by atoms with Crippen LogP contribution in [0.25, 0.3) is 0 Å². The molecule has 2 rings (SSSR count). The Morgan fingerprint density at radius 3 is 2.44 bits per heavy atom. The van der Waals surface area contributed by atoms with Gasteiger partial charge in [-0.25, -0.2) is 0 Å².